The second kappa shape index (κ2) is 8.88. The van der Waals surface area contributed by atoms with E-state index in [1.54, 1.807) is 24.4 Å². The maximum absolute atomic E-state index is 12.3. The third kappa shape index (κ3) is 4.72. The summed E-state index contributed by atoms with van der Waals surface area (Å²) < 4.78 is 12.5. The summed E-state index contributed by atoms with van der Waals surface area (Å²) in [6.45, 7) is 1.35. The molecule has 2 heterocycles. The number of carbonyl (C=O) groups is 1. The Morgan fingerprint density at radius 1 is 1.07 bits per heavy atom. The maximum Gasteiger partial charge on any atom is 0.250 e. The van der Waals surface area contributed by atoms with Gasteiger partial charge in [0.25, 0.3) is 5.56 Å². The van der Waals surface area contributed by atoms with Gasteiger partial charge in [-0.1, -0.05) is 35.9 Å². The lowest BCUT2D eigenvalue weighted by Gasteiger charge is -2.18. The number of nitrogens with one attached hydrogen (secondary N) is 1. The van der Waals surface area contributed by atoms with Crippen LogP contribution in [0.4, 0.5) is 5.69 Å². The first kappa shape index (κ1) is 19.8. The number of fused-ring (bicyclic) bond motifs is 1. The normalized spacial score (nSPS) is 12.7. The highest BCUT2D eigenvalue weighted by molar-refractivity contribution is 6.31. The van der Waals surface area contributed by atoms with E-state index in [1.807, 2.05) is 36.4 Å². The van der Waals surface area contributed by atoms with Crippen LogP contribution in [0, 0.1) is 0 Å². The molecule has 1 aliphatic rings. The molecule has 30 heavy (non-hydrogen) atoms. The monoisotopic (exact) mass is 422 g/mol. The van der Waals surface area contributed by atoms with Crippen molar-refractivity contribution in [1.29, 1.82) is 0 Å². The SMILES string of the molecule is O=C(C=Cc1ccc2c(c1)OCCO2)Nc1ccc(=O)n(Cc2ccccc2Cl)c1. The molecule has 152 valence electrons. The summed E-state index contributed by atoms with van der Waals surface area (Å²) in [4.78, 5) is 24.5. The number of anilines is 1. The second-order valence-electron chi connectivity index (χ2n) is 6.70. The lowest BCUT2D eigenvalue weighted by Crippen LogP contribution is -2.20. The van der Waals surface area contributed by atoms with Crippen molar-refractivity contribution in [2.45, 2.75) is 6.54 Å². The highest BCUT2D eigenvalue weighted by Crippen LogP contribution is 2.31. The first-order chi connectivity index (χ1) is 14.6. The molecule has 1 aromatic heterocycles. The molecule has 7 heteroatoms. The van der Waals surface area contributed by atoms with Gasteiger partial charge >= 0.3 is 0 Å². The Hall–Kier alpha value is -3.51. The number of benzene rings is 2. The lowest BCUT2D eigenvalue weighted by molar-refractivity contribution is -0.111. The van der Waals surface area contributed by atoms with Crippen LogP contribution in [-0.2, 0) is 11.3 Å². The Bertz CT molecular complexity index is 1170. The zero-order valence-corrected chi connectivity index (χ0v) is 16.8. The molecule has 0 radical (unpaired) electrons. The third-order valence-corrected chi connectivity index (χ3v) is 4.91. The predicted octanol–water partition coefficient (Wildman–Crippen LogP) is 3.97. The first-order valence-electron chi connectivity index (χ1n) is 9.41. The van der Waals surface area contributed by atoms with Crippen LogP contribution >= 0.6 is 11.6 Å². The van der Waals surface area contributed by atoms with Crippen LogP contribution in [0.3, 0.4) is 0 Å². The summed E-state index contributed by atoms with van der Waals surface area (Å²) in [5.74, 6) is 1.05. The fraction of sp³-hybridized carbons (Fsp3) is 0.130. The number of amides is 1. The van der Waals surface area contributed by atoms with E-state index in [9.17, 15) is 9.59 Å². The molecule has 4 rings (SSSR count). The highest BCUT2D eigenvalue weighted by atomic mass is 35.5. The number of aromatic nitrogens is 1. The first-order valence-corrected chi connectivity index (χ1v) is 9.79. The third-order valence-electron chi connectivity index (χ3n) is 4.54. The Balaban J connectivity index is 1.45. The molecule has 0 fully saturated rings. The second-order valence-corrected chi connectivity index (χ2v) is 7.11. The van der Waals surface area contributed by atoms with Gasteiger partial charge in [0.15, 0.2) is 11.5 Å². The molecule has 0 atom stereocenters. The summed E-state index contributed by atoms with van der Waals surface area (Å²) in [5.41, 5.74) is 1.97. The van der Waals surface area contributed by atoms with E-state index in [2.05, 4.69) is 5.32 Å². The number of nitrogens with zero attached hydrogens (tertiary/aromatic N) is 1. The molecule has 1 amide bonds. The zero-order valence-electron chi connectivity index (χ0n) is 16.0. The van der Waals surface area contributed by atoms with Crippen LogP contribution in [-0.4, -0.2) is 23.7 Å². The minimum absolute atomic E-state index is 0.181. The number of pyridine rings is 1. The number of halogens is 1. The fourth-order valence-electron chi connectivity index (χ4n) is 3.06. The van der Waals surface area contributed by atoms with Crippen molar-refractivity contribution < 1.29 is 14.3 Å². The average Bonchev–Trinajstić information content (AvgIpc) is 2.76. The van der Waals surface area contributed by atoms with E-state index in [1.165, 1.54) is 16.7 Å². The Kier molecular flexibility index (Phi) is 5.86. The van der Waals surface area contributed by atoms with Gasteiger partial charge in [0.1, 0.15) is 13.2 Å². The van der Waals surface area contributed by atoms with Crippen molar-refractivity contribution in [3.63, 3.8) is 0 Å². The van der Waals surface area contributed by atoms with Crippen molar-refractivity contribution in [2.75, 3.05) is 18.5 Å². The molecule has 0 saturated heterocycles. The van der Waals surface area contributed by atoms with Crippen LogP contribution in [0.25, 0.3) is 6.08 Å². The van der Waals surface area contributed by atoms with E-state index in [4.69, 9.17) is 21.1 Å². The van der Waals surface area contributed by atoms with E-state index in [0.29, 0.717) is 42.0 Å². The Morgan fingerprint density at radius 2 is 1.87 bits per heavy atom. The van der Waals surface area contributed by atoms with Gasteiger partial charge in [-0.15, -0.1) is 0 Å². The molecule has 2 aromatic carbocycles. The van der Waals surface area contributed by atoms with Crippen molar-refractivity contribution in [1.82, 2.24) is 4.57 Å². The van der Waals surface area contributed by atoms with Crippen LogP contribution in [0.15, 0.2) is 71.7 Å². The van der Waals surface area contributed by atoms with Crippen LogP contribution in [0.1, 0.15) is 11.1 Å². The molecule has 3 aromatic rings. The fourth-order valence-corrected chi connectivity index (χ4v) is 3.25. The standard InChI is InChI=1S/C23H19ClN2O4/c24-19-4-2-1-3-17(19)14-26-15-18(7-10-23(26)28)25-22(27)9-6-16-5-8-20-21(13-16)30-12-11-29-20/h1-10,13,15H,11-12,14H2,(H,25,27). The van der Waals surface area contributed by atoms with Gasteiger partial charge in [-0.3, -0.25) is 9.59 Å². The van der Waals surface area contributed by atoms with Gasteiger partial charge in [0, 0.05) is 23.4 Å². The average molecular weight is 423 g/mol. The van der Waals surface area contributed by atoms with Crippen LogP contribution < -0.4 is 20.3 Å². The largest absolute Gasteiger partial charge is 0.486 e. The van der Waals surface area contributed by atoms with Gasteiger partial charge in [-0.2, -0.15) is 0 Å². The van der Waals surface area contributed by atoms with E-state index >= 15 is 0 Å². The number of rotatable bonds is 5. The summed E-state index contributed by atoms with van der Waals surface area (Å²) in [7, 11) is 0. The molecule has 0 spiro atoms. The molecule has 0 saturated carbocycles. The van der Waals surface area contributed by atoms with Crippen molar-refractivity contribution in [3.8, 4) is 11.5 Å². The maximum atomic E-state index is 12.3. The lowest BCUT2D eigenvalue weighted by atomic mass is 10.2. The Labute approximate surface area is 178 Å². The summed E-state index contributed by atoms with van der Waals surface area (Å²) in [5, 5.41) is 3.35. The van der Waals surface area contributed by atoms with Gasteiger partial charge in [0.2, 0.25) is 5.91 Å². The van der Waals surface area contributed by atoms with Gasteiger partial charge < -0.3 is 19.4 Å². The smallest absolute Gasteiger partial charge is 0.250 e. The van der Waals surface area contributed by atoms with Gasteiger partial charge in [-0.25, -0.2) is 0 Å². The summed E-state index contributed by atoms with van der Waals surface area (Å²) >= 11 is 6.18. The molecule has 1 N–H and O–H groups in total. The van der Waals surface area contributed by atoms with Crippen LogP contribution in [0.2, 0.25) is 5.02 Å². The minimum atomic E-state index is -0.312. The molecule has 1 aliphatic heterocycles. The number of carbonyl (C=O) groups excluding carboxylic acids is 1. The highest BCUT2D eigenvalue weighted by Gasteiger charge is 2.11. The summed E-state index contributed by atoms with van der Waals surface area (Å²) in [6.07, 6.45) is 4.71. The predicted molar refractivity (Wildman–Crippen MR) is 116 cm³/mol. The number of ether oxygens (including phenoxy) is 2. The summed E-state index contributed by atoms with van der Waals surface area (Å²) in [6, 6.07) is 15.8. The van der Waals surface area contributed by atoms with Gasteiger partial charge in [0.05, 0.1) is 12.2 Å². The quantitative estimate of drug-likeness (QED) is 0.631. The van der Waals surface area contributed by atoms with E-state index in [-0.39, 0.29) is 11.5 Å². The number of hydrogen-bond acceptors (Lipinski definition) is 4. The van der Waals surface area contributed by atoms with Crippen molar-refractivity contribution in [3.05, 3.63) is 93.4 Å². The molecule has 0 bridgehead atoms. The Morgan fingerprint density at radius 3 is 2.70 bits per heavy atom. The topological polar surface area (TPSA) is 69.6 Å². The zero-order chi connectivity index (χ0) is 20.9. The van der Waals surface area contributed by atoms with Crippen molar-refractivity contribution in [2.24, 2.45) is 0 Å². The van der Waals surface area contributed by atoms with Crippen molar-refractivity contribution >= 4 is 29.3 Å². The molecule has 0 aliphatic carbocycles. The molecule has 0 unspecified atom stereocenters. The number of hydrogen-bond donors (Lipinski definition) is 1. The molecule has 6 nitrogen and oxygen atoms in total. The molecular formula is C23H19ClN2O4. The van der Waals surface area contributed by atoms with Crippen LogP contribution in [0.5, 0.6) is 11.5 Å². The van der Waals surface area contributed by atoms with Gasteiger partial charge in [-0.05, 0) is 41.5 Å². The molecular weight excluding hydrogens is 404 g/mol. The van der Waals surface area contributed by atoms with E-state index in [0.717, 1.165) is 11.1 Å². The minimum Gasteiger partial charge on any atom is -0.486 e. The van der Waals surface area contributed by atoms with E-state index < -0.39 is 0 Å².